The third kappa shape index (κ3) is 2.09. The molecule has 0 aliphatic rings. The molecule has 1 nitrogen and oxygen atoms in total. The first-order valence-corrected chi connectivity index (χ1v) is 5.13. The van der Waals surface area contributed by atoms with Crippen LogP contribution in [0.15, 0.2) is 36.4 Å². The molecule has 0 aliphatic carbocycles. The molecule has 0 amide bonds. The maximum Gasteiger partial charge on any atom is 0.150 e. The van der Waals surface area contributed by atoms with Crippen molar-refractivity contribution < 1.29 is 13.6 Å². The van der Waals surface area contributed by atoms with E-state index in [9.17, 15) is 13.6 Å². The van der Waals surface area contributed by atoms with Crippen LogP contribution < -0.4 is 0 Å². The molecule has 0 fully saturated rings. The van der Waals surface area contributed by atoms with E-state index in [1.165, 1.54) is 0 Å². The molecule has 86 valence electrons. The molecular formula is C14H10F2O. The van der Waals surface area contributed by atoms with Gasteiger partial charge in [0, 0.05) is 17.2 Å². The van der Waals surface area contributed by atoms with Gasteiger partial charge in [0.15, 0.2) is 6.29 Å². The van der Waals surface area contributed by atoms with Gasteiger partial charge in [0.1, 0.15) is 11.6 Å². The first-order valence-electron chi connectivity index (χ1n) is 5.13. The van der Waals surface area contributed by atoms with E-state index in [0.29, 0.717) is 11.8 Å². The van der Waals surface area contributed by atoms with Crippen LogP contribution in [0.1, 0.15) is 15.9 Å². The summed E-state index contributed by atoms with van der Waals surface area (Å²) in [5, 5.41) is 0. The van der Waals surface area contributed by atoms with Crippen LogP contribution >= 0.6 is 0 Å². The summed E-state index contributed by atoms with van der Waals surface area (Å²) in [6.45, 7) is 1.81. The van der Waals surface area contributed by atoms with Gasteiger partial charge >= 0.3 is 0 Å². The SMILES string of the molecule is Cc1ccccc1-c1c(F)cc(F)cc1C=O. The van der Waals surface area contributed by atoms with Gasteiger partial charge in [0.05, 0.1) is 0 Å². The number of hydrogen-bond acceptors (Lipinski definition) is 1. The summed E-state index contributed by atoms with van der Waals surface area (Å²) in [6, 6.07) is 8.92. The normalized spacial score (nSPS) is 10.3. The predicted molar refractivity (Wildman–Crippen MR) is 61.9 cm³/mol. The van der Waals surface area contributed by atoms with Crippen molar-refractivity contribution in [2.45, 2.75) is 6.92 Å². The Morgan fingerprint density at radius 1 is 1.12 bits per heavy atom. The number of aldehydes is 1. The Morgan fingerprint density at radius 3 is 2.47 bits per heavy atom. The fraction of sp³-hybridized carbons (Fsp3) is 0.0714. The summed E-state index contributed by atoms with van der Waals surface area (Å²) in [5.74, 6) is -1.47. The van der Waals surface area contributed by atoms with E-state index in [1.54, 1.807) is 12.1 Å². The lowest BCUT2D eigenvalue weighted by Gasteiger charge is -2.09. The predicted octanol–water partition coefficient (Wildman–Crippen LogP) is 3.75. The fourth-order valence-electron chi connectivity index (χ4n) is 1.82. The molecule has 0 saturated carbocycles. The van der Waals surface area contributed by atoms with Crippen molar-refractivity contribution in [2.75, 3.05) is 0 Å². The Bertz CT molecular complexity index is 576. The molecule has 0 N–H and O–H groups in total. The number of rotatable bonds is 2. The molecule has 0 aromatic heterocycles. The van der Waals surface area contributed by atoms with E-state index in [1.807, 2.05) is 19.1 Å². The third-order valence-corrected chi connectivity index (χ3v) is 2.63. The van der Waals surface area contributed by atoms with Crippen LogP contribution in [0.2, 0.25) is 0 Å². The van der Waals surface area contributed by atoms with Crippen molar-refractivity contribution in [1.29, 1.82) is 0 Å². The smallest absolute Gasteiger partial charge is 0.150 e. The number of halogens is 2. The monoisotopic (exact) mass is 232 g/mol. The standard InChI is InChI=1S/C14H10F2O/c1-9-4-2-3-5-12(9)14-10(8-17)6-11(15)7-13(14)16/h2-8H,1H3. The molecule has 17 heavy (non-hydrogen) atoms. The second kappa shape index (κ2) is 4.45. The summed E-state index contributed by atoms with van der Waals surface area (Å²) >= 11 is 0. The van der Waals surface area contributed by atoms with Crippen molar-refractivity contribution >= 4 is 6.29 Å². The maximum atomic E-state index is 13.8. The summed E-state index contributed by atoms with van der Waals surface area (Å²) < 4.78 is 26.8. The quantitative estimate of drug-likeness (QED) is 0.720. The second-order valence-corrected chi connectivity index (χ2v) is 3.78. The molecule has 0 unspecified atom stereocenters. The minimum atomic E-state index is -0.748. The maximum absolute atomic E-state index is 13.8. The van der Waals surface area contributed by atoms with Crippen molar-refractivity contribution in [1.82, 2.24) is 0 Å². The van der Waals surface area contributed by atoms with E-state index in [2.05, 4.69) is 0 Å². The molecule has 0 atom stereocenters. The topological polar surface area (TPSA) is 17.1 Å². The zero-order chi connectivity index (χ0) is 12.4. The first kappa shape index (κ1) is 11.5. The summed E-state index contributed by atoms with van der Waals surface area (Å²) in [4.78, 5) is 10.9. The molecule has 2 aromatic rings. The van der Waals surface area contributed by atoms with Gasteiger partial charge < -0.3 is 0 Å². The van der Waals surface area contributed by atoms with Gasteiger partial charge in [-0.3, -0.25) is 4.79 Å². The number of aryl methyl sites for hydroxylation is 1. The number of benzene rings is 2. The summed E-state index contributed by atoms with van der Waals surface area (Å²) in [7, 11) is 0. The lowest BCUT2D eigenvalue weighted by molar-refractivity contribution is 0.112. The number of carbonyl (C=O) groups is 1. The lowest BCUT2D eigenvalue weighted by Crippen LogP contribution is -1.96. The highest BCUT2D eigenvalue weighted by molar-refractivity contribution is 5.88. The zero-order valence-electron chi connectivity index (χ0n) is 9.21. The summed E-state index contributed by atoms with van der Waals surface area (Å²) in [6.07, 6.45) is 0.466. The van der Waals surface area contributed by atoms with Crippen molar-refractivity contribution in [3.05, 3.63) is 59.2 Å². The highest BCUT2D eigenvalue weighted by Crippen LogP contribution is 2.29. The van der Waals surface area contributed by atoms with E-state index < -0.39 is 11.6 Å². The lowest BCUT2D eigenvalue weighted by atomic mass is 9.96. The Hall–Kier alpha value is -2.03. The van der Waals surface area contributed by atoms with Crippen molar-refractivity contribution in [2.24, 2.45) is 0 Å². The van der Waals surface area contributed by atoms with Crippen LogP contribution in [0.5, 0.6) is 0 Å². The number of hydrogen-bond donors (Lipinski definition) is 0. The van der Waals surface area contributed by atoms with Gasteiger partial charge in [-0.1, -0.05) is 24.3 Å². The van der Waals surface area contributed by atoms with E-state index in [-0.39, 0.29) is 11.1 Å². The van der Waals surface area contributed by atoms with Crippen LogP contribution in [0.4, 0.5) is 8.78 Å². The Labute approximate surface area is 97.7 Å². The molecule has 0 spiro atoms. The average molecular weight is 232 g/mol. The minimum absolute atomic E-state index is 0.0248. The molecule has 2 rings (SSSR count). The Morgan fingerprint density at radius 2 is 1.82 bits per heavy atom. The third-order valence-electron chi connectivity index (χ3n) is 2.63. The van der Waals surface area contributed by atoms with Crippen LogP contribution in [0.3, 0.4) is 0 Å². The molecule has 3 heteroatoms. The van der Waals surface area contributed by atoms with Crippen LogP contribution in [-0.2, 0) is 0 Å². The molecule has 0 heterocycles. The molecule has 0 radical (unpaired) electrons. The Kier molecular flexibility index (Phi) is 3.00. The van der Waals surface area contributed by atoms with Crippen molar-refractivity contribution in [3.8, 4) is 11.1 Å². The van der Waals surface area contributed by atoms with Gasteiger partial charge in [0.2, 0.25) is 0 Å². The molecule has 2 aromatic carbocycles. The van der Waals surface area contributed by atoms with Crippen molar-refractivity contribution in [3.63, 3.8) is 0 Å². The molecule has 0 aliphatic heterocycles. The summed E-state index contributed by atoms with van der Waals surface area (Å²) in [5.41, 5.74) is 1.62. The number of carbonyl (C=O) groups excluding carboxylic acids is 1. The first-order chi connectivity index (χ1) is 8.13. The van der Waals surface area contributed by atoms with Gasteiger partial charge in [-0.05, 0) is 24.1 Å². The van der Waals surface area contributed by atoms with Crippen LogP contribution in [0, 0.1) is 18.6 Å². The largest absolute Gasteiger partial charge is 0.298 e. The van der Waals surface area contributed by atoms with Crippen LogP contribution in [0.25, 0.3) is 11.1 Å². The molecule has 0 saturated heterocycles. The highest BCUT2D eigenvalue weighted by atomic mass is 19.1. The van der Waals surface area contributed by atoms with E-state index >= 15 is 0 Å². The average Bonchev–Trinajstić information content (AvgIpc) is 2.29. The van der Waals surface area contributed by atoms with Gasteiger partial charge in [0.25, 0.3) is 0 Å². The zero-order valence-corrected chi connectivity index (χ0v) is 9.21. The van der Waals surface area contributed by atoms with E-state index in [0.717, 1.165) is 17.7 Å². The van der Waals surface area contributed by atoms with Gasteiger partial charge in [-0.2, -0.15) is 0 Å². The fourth-order valence-corrected chi connectivity index (χ4v) is 1.82. The van der Waals surface area contributed by atoms with E-state index in [4.69, 9.17) is 0 Å². The highest BCUT2D eigenvalue weighted by Gasteiger charge is 2.14. The molecule has 0 bridgehead atoms. The van der Waals surface area contributed by atoms with Gasteiger partial charge in [-0.25, -0.2) is 8.78 Å². The second-order valence-electron chi connectivity index (χ2n) is 3.78. The Balaban J connectivity index is 2.75. The minimum Gasteiger partial charge on any atom is -0.298 e. The van der Waals surface area contributed by atoms with Gasteiger partial charge in [-0.15, -0.1) is 0 Å². The molecular weight excluding hydrogens is 222 g/mol. The van der Waals surface area contributed by atoms with Crippen LogP contribution in [-0.4, -0.2) is 6.29 Å².